The summed E-state index contributed by atoms with van der Waals surface area (Å²) in [6.07, 6.45) is 3.83. The molecule has 0 aliphatic carbocycles. The van der Waals surface area contributed by atoms with Crippen LogP contribution in [-0.4, -0.2) is 103 Å². The number of aromatic nitrogens is 4. The summed E-state index contributed by atoms with van der Waals surface area (Å²) >= 11 is 0. The fourth-order valence-electron chi connectivity index (χ4n) is 3.56. The highest BCUT2D eigenvalue weighted by Gasteiger charge is 2.33. The Kier molecular flexibility index (Phi) is 12.4. The van der Waals surface area contributed by atoms with Gasteiger partial charge in [-0.05, 0) is 13.3 Å². The van der Waals surface area contributed by atoms with E-state index < -0.39 is 66.4 Å². The first-order chi connectivity index (χ1) is 19.0. The van der Waals surface area contributed by atoms with Crippen LogP contribution < -0.4 is 27.0 Å². The topological polar surface area (TPSA) is 274 Å². The molecule has 0 aromatic carbocycles. The number of carboxylic acids is 1. The number of hydrogen-bond acceptors (Lipinski definition) is 10. The van der Waals surface area contributed by atoms with Gasteiger partial charge in [-0.2, -0.15) is 0 Å². The van der Waals surface area contributed by atoms with Crippen molar-refractivity contribution in [1.29, 1.82) is 0 Å². The molecule has 0 aliphatic heterocycles. The van der Waals surface area contributed by atoms with Gasteiger partial charge in [-0.25, -0.2) is 9.97 Å². The average molecular weight is 564 g/mol. The number of aldehydes is 1. The second-order valence-corrected chi connectivity index (χ2v) is 8.86. The quantitative estimate of drug-likeness (QED) is 0.0843. The van der Waals surface area contributed by atoms with E-state index in [4.69, 9.17) is 10.8 Å². The van der Waals surface area contributed by atoms with E-state index in [1.54, 1.807) is 0 Å². The van der Waals surface area contributed by atoms with E-state index in [2.05, 4.69) is 41.2 Å². The van der Waals surface area contributed by atoms with Gasteiger partial charge in [-0.3, -0.25) is 24.0 Å². The predicted molar refractivity (Wildman–Crippen MR) is 136 cm³/mol. The lowest BCUT2D eigenvalue weighted by Gasteiger charge is -2.27. The molecular formula is C23H33N9O8. The Bertz CT molecular complexity index is 1140. The Labute approximate surface area is 228 Å². The molecule has 5 atom stereocenters. The minimum atomic E-state index is -1.56. The highest BCUT2D eigenvalue weighted by atomic mass is 16.4. The molecule has 40 heavy (non-hydrogen) atoms. The van der Waals surface area contributed by atoms with Crippen LogP contribution in [0.2, 0.25) is 0 Å². The molecule has 0 aliphatic rings. The van der Waals surface area contributed by atoms with Crippen LogP contribution in [0.25, 0.3) is 0 Å². The SMILES string of the molecule is C[C@@H](O)[C@H](NC(=O)[C@H](Cc1cnc[nH]1)NC(=O)CN)C(=O)N[C@@H](Cc1cnc[nH]1)C(=O)N[C@H](C=O)CCC(=O)O. The lowest BCUT2D eigenvalue weighted by molar-refractivity contribution is -0.137. The molecular weight excluding hydrogens is 530 g/mol. The van der Waals surface area contributed by atoms with Gasteiger partial charge in [0.25, 0.3) is 0 Å². The predicted octanol–water partition coefficient (Wildman–Crippen LogP) is -3.74. The number of aliphatic hydroxyl groups is 1. The molecule has 0 unspecified atom stereocenters. The lowest BCUT2D eigenvalue weighted by atomic mass is 10.1. The number of carboxylic acid groups (broad SMARTS) is 1. The fraction of sp³-hybridized carbons (Fsp3) is 0.478. The number of imidazole rings is 2. The second kappa shape index (κ2) is 15.7. The summed E-state index contributed by atoms with van der Waals surface area (Å²) in [6.45, 7) is 0.844. The number of H-pyrrole nitrogens is 2. The molecule has 0 bridgehead atoms. The number of rotatable bonds is 17. The van der Waals surface area contributed by atoms with Crippen LogP contribution >= 0.6 is 0 Å². The number of nitrogens with one attached hydrogen (secondary N) is 6. The maximum Gasteiger partial charge on any atom is 0.303 e. The number of nitrogens with two attached hydrogens (primary N) is 1. The fourth-order valence-corrected chi connectivity index (χ4v) is 3.56. The van der Waals surface area contributed by atoms with Crippen LogP contribution in [0.4, 0.5) is 0 Å². The molecule has 0 radical (unpaired) electrons. The minimum Gasteiger partial charge on any atom is -0.481 e. The summed E-state index contributed by atoms with van der Waals surface area (Å²) in [6, 6.07) is -5.18. The summed E-state index contributed by atoms with van der Waals surface area (Å²) < 4.78 is 0. The number of carbonyl (C=O) groups excluding carboxylic acids is 5. The maximum absolute atomic E-state index is 13.2. The minimum absolute atomic E-state index is 0.0278. The maximum atomic E-state index is 13.2. The van der Waals surface area contributed by atoms with Crippen molar-refractivity contribution in [3.05, 3.63) is 36.4 Å². The summed E-state index contributed by atoms with van der Waals surface area (Å²) in [5.41, 5.74) is 6.28. The number of aliphatic hydroxyl groups excluding tert-OH is 1. The zero-order valence-corrected chi connectivity index (χ0v) is 21.6. The van der Waals surface area contributed by atoms with Crippen LogP contribution in [0.15, 0.2) is 25.0 Å². The first kappa shape index (κ1) is 31.6. The molecule has 2 rings (SSSR count). The largest absolute Gasteiger partial charge is 0.481 e. The Morgan fingerprint density at radius 3 is 1.93 bits per heavy atom. The van der Waals surface area contributed by atoms with Crippen molar-refractivity contribution >= 4 is 35.9 Å². The molecule has 2 aromatic heterocycles. The van der Waals surface area contributed by atoms with E-state index in [1.807, 2.05) is 0 Å². The first-order valence-corrected chi connectivity index (χ1v) is 12.2. The second-order valence-electron chi connectivity index (χ2n) is 8.86. The summed E-state index contributed by atoms with van der Waals surface area (Å²) in [4.78, 5) is 86.6. The van der Waals surface area contributed by atoms with E-state index in [-0.39, 0.29) is 25.7 Å². The van der Waals surface area contributed by atoms with Crippen molar-refractivity contribution in [3.63, 3.8) is 0 Å². The van der Waals surface area contributed by atoms with Gasteiger partial charge in [0.05, 0.1) is 31.3 Å². The average Bonchev–Trinajstić information content (AvgIpc) is 3.62. The third-order valence-electron chi connectivity index (χ3n) is 5.65. The number of hydrogen-bond donors (Lipinski definition) is 9. The van der Waals surface area contributed by atoms with E-state index >= 15 is 0 Å². The Morgan fingerprint density at radius 2 is 1.48 bits per heavy atom. The highest BCUT2D eigenvalue weighted by molar-refractivity contribution is 5.95. The van der Waals surface area contributed by atoms with Crippen molar-refractivity contribution in [1.82, 2.24) is 41.2 Å². The third-order valence-corrected chi connectivity index (χ3v) is 5.65. The molecule has 2 aromatic rings. The monoisotopic (exact) mass is 563 g/mol. The number of carbonyl (C=O) groups is 6. The zero-order valence-electron chi connectivity index (χ0n) is 21.6. The van der Waals surface area contributed by atoms with Gasteiger partial charge in [0.1, 0.15) is 24.4 Å². The molecule has 2 heterocycles. The molecule has 218 valence electrons. The van der Waals surface area contributed by atoms with E-state index in [1.165, 1.54) is 32.0 Å². The van der Waals surface area contributed by atoms with E-state index in [0.717, 1.165) is 0 Å². The van der Waals surface area contributed by atoms with Crippen LogP contribution in [0, 0.1) is 0 Å². The summed E-state index contributed by atoms with van der Waals surface area (Å²) in [7, 11) is 0. The van der Waals surface area contributed by atoms with Crippen molar-refractivity contribution < 1.29 is 39.0 Å². The van der Waals surface area contributed by atoms with Crippen molar-refractivity contribution in [2.75, 3.05) is 6.54 Å². The van der Waals surface area contributed by atoms with Gasteiger partial charge in [-0.15, -0.1) is 0 Å². The van der Waals surface area contributed by atoms with Crippen LogP contribution in [0.5, 0.6) is 0 Å². The van der Waals surface area contributed by atoms with Gasteiger partial charge >= 0.3 is 5.97 Å². The van der Waals surface area contributed by atoms with Gasteiger partial charge in [0.15, 0.2) is 0 Å². The van der Waals surface area contributed by atoms with E-state index in [9.17, 15) is 33.9 Å². The number of amides is 4. The van der Waals surface area contributed by atoms with Crippen molar-refractivity contribution in [2.24, 2.45) is 5.73 Å². The summed E-state index contributed by atoms with van der Waals surface area (Å²) in [5, 5.41) is 28.8. The number of aromatic amines is 2. The van der Waals surface area contributed by atoms with Gasteiger partial charge in [0, 0.05) is 43.0 Å². The molecule has 0 saturated carbocycles. The van der Waals surface area contributed by atoms with E-state index in [0.29, 0.717) is 17.7 Å². The van der Waals surface area contributed by atoms with Crippen molar-refractivity contribution in [2.45, 2.75) is 62.9 Å². The Morgan fingerprint density at radius 1 is 0.925 bits per heavy atom. The molecule has 10 N–H and O–H groups in total. The Hall–Kier alpha value is -4.64. The molecule has 0 saturated heterocycles. The van der Waals surface area contributed by atoms with Crippen LogP contribution in [0.3, 0.4) is 0 Å². The Balaban J connectivity index is 2.19. The van der Waals surface area contributed by atoms with Gasteiger partial charge in [-0.1, -0.05) is 0 Å². The molecule has 0 fully saturated rings. The zero-order chi connectivity index (χ0) is 29.7. The third kappa shape index (κ3) is 10.3. The van der Waals surface area contributed by atoms with Crippen LogP contribution in [-0.2, 0) is 41.6 Å². The molecule has 17 heteroatoms. The molecule has 4 amide bonds. The standard InChI is InChI=1S/C23H33N9O8/c1-12(34)20(32-22(39)16(30-18(35)6-24)4-14-7-25-10-27-14)23(40)31-17(5-15-8-26-11-28-15)21(38)29-13(9-33)2-3-19(36)37/h7-13,16-17,20,34H,2-6,24H2,1H3,(H,25,27)(H,26,28)(H,29,38)(H,30,35)(H,31,40)(H,32,39)(H,36,37)/t12-,13+,16+,17+,20+/m1/s1. The molecule has 17 nitrogen and oxygen atoms in total. The number of aliphatic carboxylic acids is 1. The lowest BCUT2D eigenvalue weighted by Crippen LogP contribution is -2.61. The smallest absolute Gasteiger partial charge is 0.303 e. The first-order valence-electron chi connectivity index (χ1n) is 12.2. The number of nitrogens with zero attached hydrogens (tertiary/aromatic N) is 2. The normalized spacial score (nSPS) is 14.6. The van der Waals surface area contributed by atoms with Gasteiger partial charge in [0.2, 0.25) is 23.6 Å². The van der Waals surface area contributed by atoms with Crippen LogP contribution in [0.1, 0.15) is 31.2 Å². The molecule has 0 spiro atoms. The highest BCUT2D eigenvalue weighted by Crippen LogP contribution is 2.05. The summed E-state index contributed by atoms with van der Waals surface area (Å²) in [5.74, 6) is -4.37. The van der Waals surface area contributed by atoms with Gasteiger partial charge < -0.3 is 52.0 Å². The van der Waals surface area contributed by atoms with Crippen molar-refractivity contribution in [3.8, 4) is 0 Å².